The van der Waals surface area contributed by atoms with Gasteiger partial charge in [-0.25, -0.2) is 0 Å². The molecule has 5 rings (SSSR count). The number of nitrogens with one attached hydrogen (secondary N) is 2. The molecule has 0 bridgehead atoms. The summed E-state index contributed by atoms with van der Waals surface area (Å²) in [7, 11) is -10.4. The van der Waals surface area contributed by atoms with Crippen molar-refractivity contribution < 1.29 is 117 Å². The van der Waals surface area contributed by atoms with Crippen molar-refractivity contribution in [2.75, 3.05) is 23.8 Å². The van der Waals surface area contributed by atoms with E-state index in [1.165, 1.54) is 48.5 Å². The van der Waals surface area contributed by atoms with E-state index in [1.807, 2.05) is 0 Å². The van der Waals surface area contributed by atoms with Crippen molar-refractivity contribution in [3.8, 4) is 11.5 Å². The molecule has 4 N–H and O–H groups in total. The van der Waals surface area contributed by atoms with Gasteiger partial charge in [-0.3, -0.25) is 28.3 Å². The Morgan fingerprint density at radius 2 is 0.926 bits per heavy atom. The van der Waals surface area contributed by atoms with Crippen molar-refractivity contribution in [3.05, 3.63) is 144 Å². The summed E-state index contributed by atoms with van der Waals surface area (Å²) >= 11 is 0. The minimum atomic E-state index is -5.27. The van der Waals surface area contributed by atoms with Crippen LogP contribution in [0.2, 0.25) is 0 Å². The van der Waals surface area contributed by atoms with Gasteiger partial charge in [-0.1, -0.05) is 60.7 Å². The minimum Gasteiger partial charge on any atom is -1.00 e. The Morgan fingerprint density at radius 3 is 1.31 bits per heavy atom. The number of carbonyl (C=O) groups excluding carboxylic acids is 4. The fraction of sp³-hybridized carbons (Fsp3) is 0.0556. The monoisotopic (exact) mass is 792 g/mol. The second kappa shape index (κ2) is 19.4. The minimum absolute atomic E-state index is 0. The van der Waals surface area contributed by atoms with Crippen LogP contribution in [0.4, 0.5) is 11.4 Å². The Morgan fingerprint density at radius 1 is 0.537 bits per heavy atom. The predicted molar refractivity (Wildman–Crippen MR) is 189 cm³/mol. The van der Waals surface area contributed by atoms with E-state index in [0.29, 0.717) is 34.4 Å². The number of benzene rings is 5. The molecule has 18 heteroatoms. The summed E-state index contributed by atoms with van der Waals surface area (Å²) in [5.74, 6) is -3.75. The van der Waals surface area contributed by atoms with Gasteiger partial charge in [-0.15, -0.1) is 0 Å². The summed E-state index contributed by atoms with van der Waals surface area (Å²) in [6.07, 6.45) is 0. The van der Waals surface area contributed by atoms with E-state index in [0.717, 1.165) is 0 Å². The number of hydrogen-bond donors (Lipinski definition) is 4. The maximum absolute atomic E-state index is 12.8. The van der Waals surface area contributed by atoms with Crippen LogP contribution in [0.5, 0.6) is 11.5 Å². The van der Waals surface area contributed by atoms with Crippen molar-refractivity contribution in [2.45, 2.75) is 9.79 Å². The molecule has 5 aromatic carbocycles. The van der Waals surface area contributed by atoms with Crippen molar-refractivity contribution in [3.63, 3.8) is 0 Å². The van der Waals surface area contributed by atoms with Gasteiger partial charge >= 0.3 is 59.1 Å². The SMILES string of the molecule is O=C(COc1cc(S(=O)(=O)O)cc(S(=O)(=O)O)c1OCC(=O)Nc1ccc(C(=O)c2ccccc2)cc1)Nc1ccc(C(=O)c2ccccc2)cc1.[H-].[H-].[Na+].[Na+]. The normalized spacial score (nSPS) is 10.9. The van der Waals surface area contributed by atoms with Gasteiger partial charge in [-0.2, -0.15) is 16.8 Å². The van der Waals surface area contributed by atoms with Gasteiger partial charge in [0, 0.05) is 39.7 Å². The molecule has 0 aromatic heterocycles. The van der Waals surface area contributed by atoms with E-state index >= 15 is 0 Å². The molecule has 0 spiro atoms. The second-order valence-corrected chi connectivity index (χ2v) is 13.7. The Balaban J connectivity index is 0.00000392. The third kappa shape index (κ3) is 11.9. The smallest absolute Gasteiger partial charge is 1.00 e. The number of rotatable bonds is 14. The Labute approximate surface area is 357 Å². The van der Waals surface area contributed by atoms with Gasteiger partial charge in [-0.05, 0) is 54.6 Å². The third-order valence-electron chi connectivity index (χ3n) is 7.21. The third-order valence-corrected chi connectivity index (χ3v) is 8.90. The van der Waals surface area contributed by atoms with Crippen LogP contribution in [0.1, 0.15) is 34.7 Å². The molecule has 0 atom stereocenters. The molecular weight excluding hydrogens is 763 g/mol. The van der Waals surface area contributed by atoms with Crippen LogP contribution in [0.15, 0.2) is 131 Å². The maximum Gasteiger partial charge on any atom is 1.00 e. The summed E-state index contributed by atoms with van der Waals surface area (Å²) in [4.78, 5) is 48.6. The van der Waals surface area contributed by atoms with E-state index in [4.69, 9.17) is 9.47 Å². The quantitative estimate of drug-likeness (QED) is 0.0599. The van der Waals surface area contributed by atoms with E-state index in [1.54, 1.807) is 60.7 Å². The van der Waals surface area contributed by atoms with E-state index in [2.05, 4.69) is 10.6 Å². The van der Waals surface area contributed by atoms with Crippen molar-refractivity contribution in [2.24, 2.45) is 0 Å². The molecule has 270 valence electrons. The molecule has 0 heterocycles. The summed E-state index contributed by atoms with van der Waals surface area (Å²) in [6, 6.07) is 29.7. The van der Waals surface area contributed by atoms with E-state index < -0.39 is 66.6 Å². The molecule has 0 saturated carbocycles. The largest absolute Gasteiger partial charge is 1.00 e. The first kappa shape index (κ1) is 44.2. The summed E-state index contributed by atoms with van der Waals surface area (Å²) < 4.78 is 78.6. The van der Waals surface area contributed by atoms with Crippen LogP contribution in [0, 0.1) is 0 Å². The molecule has 0 aliphatic carbocycles. The standard InChI is InChI=1S/C36H28N2O12S2.2Na.2H/c39-32(37-27-15-11-25(12-16-27)34(41)23-7-3-1-4-8-23)21-49-30-19-29(51(43,44)45)20-31(52(46,47)48)36(30)50-22-33(40)38-28-17-13-26(14-18-28)35(42)24-9-5-2-6-10-24;;;;/h1-20H,21-22H2,(H,37,39)(H,38,40)(H,43,44,45)(H,46,47,48);;;;/q;2*+1;2*-1. The molecule has 14 nitrogen and oxygen atoms in total. The van der Waals surface area contributed by atoms with Crippen LogP contribution in [0.3, 0.4) is 0 Å². The Kier molecular flexibility index (Phi) is 15.9. The predicted octanol–water partition coefficient (Wildman–Crippen LogP) is -1.09. The van der Waals surface area contributed by atoms with Crippen molar-refractivity contribution >= 4 is 55.0 Å². The average molecular weight is 793 g/mol. The molecule has 0 aliphatic heterocycles. The maximum atomic E-state index is 12.8. The van der Waals surface area contributed by atoms with Crippen molar-refractivity contribution in [1.29, 1.82) is 0 Å². The van der Waals surface area contributed by atoms with Gasteiger partial charge in [0.05, 0.1) is 4.90 Å². The number of hydrogen-bond acceptors (Lipinski definition) is 10. The van der Waals surface area contributed by atoms with E-state index in [-0.39, 0.29) is 84.9 Å². The zero-order valence-electron chi connectivity index (χ0n) is 30.8. The molecule has 54 heavy (non-hydrogen) atoms. The summed E-state index contributed by atoms with van der Waals surface area (Å²) in [5, 5.41) is 4.97. The average Bonchev–Trinajstić information content (AvgIpc) is 3.13. The number of anilines is 2. The van der Waals surface area contributed by atoms with Gasteiger partial charge in [0.25, 0.3) is 32.1 Å². The van der Waals surface area contributed by atoms with E-state index in [9.17, 15) is 45.1 Å². The number of ether oxygens (including phenoxy) is 2. The van der Waals surface area contributed by atoms with Gasteiger partial charge < -0.3 is 23.0 Å². The second-order valence-electron chi connectivity index (χ2n) is 10.9. The first-order valence-corrected chi connectivity index (χ1v) is 17.9. The molecule has 5 aromatic rings. The van der Waals surface area contributed by atoms with Crippen LogP contribution in [0.25, 0.3) is 0 Å². The fourth-order valence-electron chi connectivity index (χ4n) is 4.74. The van der Waals surface area contributed by atoms with Crippen LogP contribution >= 0.6 is 0 Å². The fourth-order valence-corrected chi connectivity index (χ4v) is 6.01. The number of ketones is 2. The summed E-state index contributed by atoms with van der Waals surface area (Å²) in [6.45, 7) is -1.78. The van der Waals surface area contributed by atoms with Gasteiger partial charge in [0.15, 0.2) is 36.3 Å². The van der Waals surface area contributed by atoms with Crippen LogP contribution in [-0.2, 0) is 29.8 Å². The van der Waals surface area contributed by atoms with Crippen LogP contribution in [-0.4, -0.2) is 62.5 Å². The Bertz CT molecular complexity index is 2370. The molecule has 0 aliphatic rings. The molecular formula is C36H30N2Na2O12S2. The first-order valence-electron chi connectivity index (χ1n) is 15.1. The molecule has 0 radical (unpaired) electrons. The summed E-state index contributed by atoms with van der Waals surface area (Å²) in [5.41, 5.74) is 2.10. The number of amides is 2. The molecule has 0 unspecified atom stereocenters. The zero-order valence-corrected chi connectivity index (χ0v) is 34.4. The molecule has 0 saturated heterocycles. The van der Waals surface area contributed by atoms with Gasteiger partial charge in [0.2, 0.25) is 0 Å². The topological polar surface area (TPSA) is 220 Å². The zero-order chi connectivity index (χ0) is 37.5. The Hall–Kier alpha value is -4.20. The van der Waals surface area contributed by atoms with Crippen LogP contribution < -0.4 is 79.2 Å². The molecule has 2 amide bonds. The molecule has 0 fully saturated rings. The number of carbonyl (C=O) groups is 4. The van der Waals surface area contributed by atoms with Crippen molar-refractivity contribution in [1.82, 2.24) is 0 Å². The van der Waals surface area contributed by atoms with Gasteiger partial charge in [0.1, 0.15) is 4.90 Å². The first-order chi connectivity index (χ1) is 24.7.